The van der Waals surface area contributed by atoms with Gasteiger partial charge in [0.05, 0.1) is 28.9 Å². The summed E-state index contributed by atoms with van der Waals surface area (Å²) in [4.78, 5) is 32.4. The van der Waals surface area contributed by atoms with Gasteiger partial charge >= 0.3 is 5.97 Å². The molecular formula is C19H16Cl2N6O3. The molecule has 5 N–H and O–H groups in total. The summed E-state index contributed by atoms with van der Waals surface area (Å²) in [5, 5.41) is 3.57. The van der Waals surface area contributed by atoms with Gasteiger partial charge in [-0.15, -0.1) is 0 Å². The van der Waals surface area contributed by atoms with Crippen LogP contribution in [0.15, 0.2) is 48.8 Å². The van der Waals surface area contributed by atoms with Gasteiger partial charge in [0.15, 0.2) is 11.6 Å². The topological polar surface area (TPSA) is 131 Å². The van der Waals surface area contributed by atoms with E-state index in [-0.39, 0.29) is 27.9 Å². The number of methoxy groups -OCH3 is 1. The number of nitrogens with zero attached hydrogens (tertiary/aromatic N) is 2. The molecule has 0 bridgehead atoms. The highest BCUT2D eigenvalue weighted by atomic mass is 35.5. The van der Waals surface area contributed by atoms with Gasteiger partial charge in [0.2, 0.25) is 0 Å². The molecule has 1 aromatic heterocycles. The summed E-state index contributed by atoms with van der Waals surface area (Å²) in [5.74, 6) is -0.666. The molecular weight excluding hydrogens is 431 g/mol. The first kappa shape index (κ1) is 21.2. The zero-order valence-corrected chi connectivity index (χ0v) is 17.1. The van der Waals surface area contributed by atoms with Crippen molar-refractivity contribution in [3.63, 3.8) is 0 Å². The maximum atomic E-state index is 12.3. The number of carbonyl (C=O) groups is 2. The molecule has 3 rings (SSSR count). The highest BCUT2D eigenvalue weighted by molar-refractivity contribution is 6.36. The lowest BCUT2D eigenvalue weighted by molar-refractivity contribution is 0.0601. The van der Waals surface area contributed by atoms with Crippen LogP contribution >= 0.6 is 23.2 Å². The van der Waals surface area contributed by atoms with Crippen molar-refractivity contribution in [3.05, 3.63) is 70.0 Å². The molecule has 1 heterocycles. The molecule has 0 saturated carbocycles. The molecule has 0 radical (unpaired) electrons. The average Bonchev–Trinajstić information content (AvgIpc) is 2.74. The highest BCUT2D eigenvalue weighted by Crippen LogP contribution is 2.27. The number of ether oxygens (including phenoxy) is 1. The third-order valence-electron chi connectivity index (χ3n) is 3.94. The molecule has 1 amide bonds. The van der Waals surface area contributed by atoms with E-state index >= 15 is 0 Å². The molecule has 154 valence electrons. The number of hydrogen-bond donors (Lipinski definition) is 4. The zero-order valence-electron chi connectivity index (χ0n) is 15.6. The first-order valence-corrected chi connectivity index (χ1v) is 9.22. The van der Waals surface area contributed by atoms with Crippen molar-refractivity contribution in [2.24, 2.45) is 0 Å². The number of nitrogen functional groups attached to an aromatic ring is 1. The summed E-state index contributed by atoms with van der Waals surface area (Å²) in [7, 11) is 1.29. The Morgan fingerprint density at radius 3 is 2.50 bits per heavy atom. The van der Waals surface area contributed by atoms with E-state index in [1.165, 1.54) is 25.6 Å². The summed E-state index contributed by atoms with van der Waals surface area (Å²) in [6.07, 6.45) is 1.24. The molecule has 3 aromatic rings. The number of carbonyl (C=O) groups excluding carboxylic acids is 2. The average molecular weight is 447 g/mol. The number of hydrazine groups is 1. The van der Waals surface area contributed by atoms with Crippen molar-refractivity contribution in [1.29, 1.82) is 0 Å². The number of nitrogens with two attached hydrogens (primary N) is 1. The van der Waals surface area contributed by atoms with Crippen molar-refractivity contribution in [2.45, 2.75) is 0 Å². The zero-order chi connectivity index (χ0) is 21.7. The largest absolute Gasteiger partial charge is 0.465 e. The van der Waals surface area contributed by atoms with E-state index in [0.717, 1.165) is 0 Å². The van der Waals surface area contributed by atoms with Crippen molar-refractivity contribution in [2.75, 3.05) is 23.6 Å². The van der Waals surface area contributed by atoms with Gasteiger partial charge < -0.3 is 15.8 Å². The summed E-state index contributed by atoms with van der Waals surface area (Å²) in [6, 6.07) is 11.2. The Morgan fingerprint density at radius 1 is 1.03 bits per heavy atom. The fourth-order valence-corrected chi connectivity index (χ4v) is 2.95. The molecule has 30 heavy (non-hydrogen) atoms. The first-order valence-electron chi connectivity index (χ1n) is 8.47. The molecule has 0 fully saturated rings. The van der Waals surface area contributed by atoms with E-state index in [4.69, 9.17) is 33.7 Å². The van der Waals surface area contributed by atoms with Crippen molar-refractivity contribution < 1.29 is 14.3 Å². The van der Waals surface area contributed by atoms with Crippen LogP contribution in [0.4, 0.5) is 23.0 Å². The molecule has 0 saturated heterocycles. The Balaban J connectivity index is 1.77. The monoisotopic (exact) mass is 446 g/mol. The van der Waals surface area contributed by atoms with Crippen molar-refractivity contribution in [1.82, 2.24) is 15.4 Å². The quantitative estimate of drug-likeness (QED) is 0.333. The van der Waals surface area contributed by atoms with E-state index in [1.807, 2.05) is 0 Å². The normalized spacial score (nSPS) is 10.2. The number of aromatic nitrogens is 2. The van der Waals surface area contributed by atoms with Crippen LogP contribution in [0.25, 0.3) is 0 Å². The molecule has 0 unspecified atom stereocenters. The first-order chi connectivity index (χ1) is 14.4. The van der Waals surface area contributed by atoms with Gasteiger partial charge in [-0.3, -0.25) is 15.6 Å². The van der Waals surface area contributed by atoms with E-state index in [0.29, 0.717) is 16.3 Å². The second-order valence-corrected chi connectivity index (χ2v) is 6.69. The standard InChI is InChI=1S/C19H16Cl2N6O3/c1-30-19(29)12-4-2-3-5-14(12)25-16-15(22)17(24-9-23-16)26-27-18(28)11-7-6-10(20)8-13(11)21/h2-9H,22H2,1H3,(H,27,28)(H2,23,24,25,26). The number of amides is 1. The molecule has 0 spiro atoms. The van der Waals surface area contributed by atoms with Crippen LogP contribution in [0.5, 0.6) is 0 Å². The number of para-hydroxylation sites is 1. The second kappa shape index (κ2) is 9.29. The Hall–Kier alpha value is -3.56. The number of anilines is 4. The highest BCUT2D eigenvalue weighted by Gasteiger charge is 2.15. The Labute approximate surface area is 181 Å². The number of esters is 1. The number of benzene rings is 2. The minimum absolute atomic E-state index is 0.111. The lowest BCUT2D eigenvalue weighted by atomic mass is 10.2. The number of rotatable bonds is 6. The van der Waals surface area contributed by atoms with Gasteiger partial charge in [-0.05, 0) is 30.3 Å². The van der Waals surface area contributed by atoms with Crippen LogP contribution in [-0.4, -0.2) is 29.0 Å². The van der Waals surface area contributed by atoms with E-state index < -0.39 is 11.9 Å². The third-order valence-corrected chi connectivity index (χ3v) is 4.49. The Morgan fingerprint density at radius 2 is 1.77 bits per heavy atom. The summed E-state index contributed by atoms with van der Waals surface area (Å²) >= 11 is 11.9. The van der Waals surface area contributed by atoms with Crippen LogP contribution in [0, 0.1) is 0 Å². The molecule has 0 atom stereocenters. The minimum atomic E-state index is -0.517. The molecule has 11 heteroatoms. The van der Waals surface area contributed by atoms with Gasteiger partial charge in [0, 0.05) is 5.02 Å². The van der Waals surface area contributed by atoms with E-state index in [9.17, 15) is 9.59 Å². The van der Waals surface area contributed by atoms with Crippen LogP contribution in [0.2, 0.25) is 10.0 Å². The van der Waals surface area contributed by atoms with Crippen molar-refractivity contribution in [3.8, 4) is 0 Å². The fourth-order valence-electron chi connectivity index (χ4n) is 2.46. The maximum absolute atomic E-state index is 12.3. The number of nitrogens with one attached hydrogen (secondary N) is 3. The minimum Gasteiger partial charge on any atom is -0.465 e. The summed E-state index contributed by atoms with van der Waals surface area (Å²) in [6.45, 7) is 0. The maximum Gasteiger partial charge on any atom is 0.339 e. The Kier molecular flexibility index (Phi) is 6.55. The van der Waals surface area contributed by atoms with Gasteiger partial charge in [0.25, 0.3) is 5.91 Å². The van der Waals surface area contributed by atoms with Gasteiger partial charge in [-0.2, -0.15) is 0 Å². The van der Waals surface area contributed by atoms with E-state index in [2.05, 4.69) is 26.1 Å². The molecule has 0 aliphatic rings. The van der Waals surface area contributed by atoms with Gasteiger partial charge in [-0.1, -0.05) is 35.3 Å². The fraction of sp³-hybridized carbons (Fsp3) is 0.0526. The van der Waals surface area contributed by atoms with Crippen LogP contribution in [0.1, 0.15) is 20.7 Å². The van der Waals surface area contributed by atoms with Crippen LogP contribution < -0.4 is 21.9 Å². The number of hydrogen-bond acceptors (Lipinski definition) is 8. The van der Waals surface area contributed by atoms with Crippen molar-refractivity contribution >= 4 is 58.1 Å². The third kappa shape index (κ3) is 4.70. The van der Waals surface area contributed by atoms with Gasteiger partial charge in [0.1, 0.15) is 12.0 Å². The number of halogens is 2. The molecule has 2 aromatic carbocycles. The predicted octanol–water partition coefficient (Wildman–Crippen LogP) is 3.65. The lowest BCUT2D eigenvalue weighted by Crippen LogP contribution is -2.30. The summed E-state index contributed by atoms with van der Waals surface area (Å²) in [5.41, 5.74) is 12.3. The van der Waals surface area contributed by atoms with Gasteiger partial charge in [-0.25, -0.2) is 14.8 Å². The van der Waals surface area contributed by atoms with Crippen LogP contribution in [0.3, 0.4) is 0 Å². The van der Waals surface area contributed by atoms with E-state index in [1.54, 1.807) is 30.3 Å². The smallest absolute Gasteiger partial charge is 0.339 e. The Bertz CT molecular complexity index is 1110. The summed E-state index contributed by atoms with van der Waals surface area (Å²) < 4.78 is 4.77. The lowest BCUT2D eigenvalue weighted by Gasteiger charge is -2.14. The SMILES string of the molecule is COC(=O)c1ccccc1Nc1ncnc(NNC(=O)c2ccc(Cl)cc2Cl)c1N. The van der Waals surface area contributed by atoms with Crippen LogP contribution in [-0.2, 0) is 4.74 Å². The molecule has 0 aliphatic heterocycles. The molecule has 9 nitrogen and oxygen atoms in total. The predicted molar refractivity (Wildman–Crippen MR) is 115 cm³/mol. The molecule has 0 aliphatic carbocycles. The second-order valence-electron chi connectivity index (χ2n) is 5.85.